The molecule has 1 aliphatic rings. The van der Waals surface area contributed by atoms with Gasteiger partial charge in [-0.3, -0.25) is 0 Å². The van der Waals surface area contributed by atoms with Gasteiger partial charge in [0, 0.05) is 24.2 Å². The average molecular weight is 275 g/mol. The highest BCUT2D eigenvalue weighted by Crippen LogP contribution is 2.27. The van der Waals surface area contributed by atoms with E-state index >= 15 is 0 Å². The van der Waals surface area contributed by atoms with Gasteiger partial charge < -0.3 is 14.8 Å². The van der Waals surface area contributed by atoms with Gasteiger partial charge in [-0.2, -0.15) is 0 Å². The van der Waals surface area contributed by atoms with Gasteiger partial charge in [0.25, 0.3) is 0 Å². The van der Waals surface area contributed by atoms with Crippen LogP contribution in [0.4, 0.5) is 0 Å². The van der Waals surface area contributed by atoms with E-state index in [9.17, 15) is 0 Å². The van der Waals surface area contributed by atoms with Crippen molar-refractivity contribution < 1.29 is 9.47 Å². The third-order valence-electron chi connectivity index (χ3n) is 3.25. The van der Waals surface area contributed by atoms with Gasteiger partial charge in [0.05, 0.1) is 13.2 Å². The zero-order valence-electron chi connectivity index (χ0n) is 12.4. The molecule has 0 spiro atoms. The molecule has 0 heterocycles. The maximum Gasteiger partial charge on any atom is 0.127 e. The minimum Gasteiger partial charge on any atom is -0.493 e. The molecule has 1 N–H and O–H groups in total. The van der Waals surface area contributed by atoms with Gasteiger partial charge in [0.15, 0.2) is 0 Å². The van der Waals surface area contributed by atoms with Crippen LogP contribution in [0.5, 0.6) is 11.5 Å². The molecule has 1 aromatic rings. The number of nitrogens with one attached hydrogen (secondary N) is 1. The first-order valence-electron chi connectivity index (χ1n) is 7.56. The highest BCUT2D eigenvalue weighted by Gasteiger charge is 2.20. The molecule has 0 amide bonds. The minimum atomic E-state index is 0.664. The first-order chi connectivity index (χ1) is 9.83. The van der Waals surface area contributed by atoms with Crippen LogP contribution < -0.4 is 14.8 Å². The molecule has 0 atom stereocenters. The van der Waals surface area contributed by atoms with Crippen molar-refractivity contribution in [2.75, 3.05) is 13.2 Å². The Morgan fingerprint density at radius 3 is 2.85 bits per heavy atom. The average Bonchev–Trinajstić information content (AvgIpc) is 3.28. The molecule has 1 aromatic carbocycles. The lowest BCUT2D eigenvalue weighted by Gasteiger charge is -2.14. The van der Waals surface area contributed by atoms with Gasteiger partial charge in [-0.25, -0.2) is 0 Å². The maximum absolute atomic E-state index is 5.86. The summed E-state index contributed by atoms with van der Waals surface area (Å²) in [6, 6.07) is 6.83. The maximum atomic E-state index is 5.86. The summed E-state index contributed by atoms with van der Waals surface area (Å²) in [5.41, 5.74) is 1.20. The fourth-order valence-electron chi connectivity index (χ4n) is 1.92. The third-order valence-corrected chi connectivity index (χ3v) is 3.25. The van der Waals surface area contributed by atoms with Crippen LogP contribution in [-0.2, 0) is 6.54 Å². The van der Waals surface area contributed by atoms with Crippen LogP contribution in [-0.4, -0.2) is 19.3 Å². The molecule has 1 fully saturated rings. The van der Waals surface area contributed by atoms with Crippen molar-refractivity contribution in [1.82, 2.24) is 5.32 Å². The molecular weight excluding hydrogens is 250 g/mol. The Labute approximate surface area is 122 Å². The quantitative estimate of drug-likeness (QED) is 0.522. The number of ether oxygens (including phenoxy) is 2. The van der Waals surface area contributed by atoms with Gasteiger partial charge >= 0.3 is 0 Å². The number of rotatable bonds is 10. The smallest absolute Gasteiger partial charge is 0.127 e. The summed E-state index contributed by atoms with van der Waals surface area (Å²) in [6.45, 7) is 8.10. The van der Waals surface area contributed by atoms with E-state index in [2.05, 4.69) is 24.9 Å². The van der Waals surface area contributed by atoms with Crippen molar-refractivity contribution in [2.45, 2.75) is 45.2 Å². The predicted octanol–water partition coefficient (Wildman–Crippen LogP) is 3.68. The predicted molar refractivity (Wildman–Crippen MR) is 82.4 cm³/mol. The van der Waals surface area contributed by atoms with Crippen LogP contribution in [0.2, 0.25) is 0 Å². The fraction of sp³-hybridized carbons (Fsp3) is 0.529. The first kappa shape index (κ1) is 14.9. The lowest BCUT2D eigenvalue weighted by Crippen LogP contribution is -2.16. The first-order valence-corrected chi connectivity index (χ1v) is 7.56. The molecule has 3 heteroatoms. The Morgan fingerprint density at radius 1 is 1.30 bits per heavy atom. The summed E-state index contributed by atoms with van der Waals surface area (Å²) in [5.74, 6) is 1.81. The van der Waals surface area contributed by atoms with E-state index in [1.807, 2.05) is 18.2 Å². The van der Waals surface area contributed by atoms with E-state index in [0.29, 0.717) is 12.6 Å². The minimum absolute atomic E-state index is 0.664. The summed E-state index contributed by atoms with van der Waals surface area (Å²) in [5, 5.41) is 3.53. The normalized spacial score (nSPS) is 14.1. The number of benzene rings is 1. The van der Waals surface area contributed by atoms with Gasteiger partial charge in [0.1, 0.15) is 11.5 Å². The molecule has 0 aliphatic heterocycles. The van der Waals surface area contributed by atoms with Crippen molar-refractivity contribution in [1.29, 1.82) is 0 Å². The van der Waals surface area contributed by atoms with Crippen LogP contribution in [0.15, 0.2) is 30.9 Å². The molecule has 1 aliphatic carbocycles. The highest BCUT2D eigenvalue weighted by molar-refractivity contribution is 5.40. The number of hydrogen-bond donors (Lipinski definition) is 1. The van der Waals surface area contributed by atoms with Crippen LogP contribution in [0.25, 0.3) is 0 Å². The summed E-state index contributed by atoms with van der Waals surface area (Å²) < 4.78 is 11.5. The third kappa shape index (κ3) is 4.89. The SMILES string of the molecule is C=CCCOc1cc(OCCC)ccc1CNC1CC1. The largest absolute Gasteiger partial charge is 0.493 e. The zero-order chi connectivity index (χ0) is 14.2. The van der Waals surface area contributed by atoms with Crippen molar-refractivity contribution >= 4 is 0 Å². The van der Waals surface area contributed by atoms with Crippen molar-refractivity contribution in [3.8, 4) is 11.5 Å². The van der Waals surface area contributed by atoms with E-state index in [1.54, 1.807) is 0 Å². The molecule has 1 saturated carbocycles. The monoisotopic (exact) mass is 275 g/mol. The molecular formula is C17H25NO2. The van der Waals surface area contributed by atoms with Gasteiger partial charge in [-0.05, 0) is 31.7 Å². The lowest BCUT2D eigenvalue weighted by atomic mass is 10.2. The molecule has 20 heavy (non-hydrogen) atoms. The molecule has 0 unspecified atom stereocenters. The van der Waals surface area contributed by atoms with Crippen molar-refractivity contribution in [2.24, 2.45) is 0 Å². The summed E-state index contributed by atoms with van der Waals surface area (Å²) in [4.78, 5) is 0. The summed E-state index contributed by atoms with van der Waals surface area (Å²) in [6.07, 6.45) is 6.33. The molecule has 110 valence electrons. The van der Waals surface area contributed by atoms with Crippen molar-refractivity contribution in [3.63, 3.8) is 0 Å². The summed E-state index contributed by atoms with van der Waals surface area (Å²) >= 11 is 0. The number of hydrogen-bond acceptors (Lipinski definition) is 3. The van der Waals surface area contributed by atoms with Gasteiger partial charge in [-0.1, -0.05) is 19.1 Å². The highest BCUT2D eigenvalue weighted by atomic mass is 16.5. The molecule has 2 rings (SSSR count). The molecule has 0 bridgehead atoms. The topological polar surface area (TPSA) is 30.5 Å². The van der Waals surface area contributed by atoms with Crippen LogP contribution in [0.1, 0.15) is 38.2 Å². The molecule has 0 aromatic heterocycles. The molecule has 0 radical (unpaired) electrons. The van der Waals surface area contributed by atoms with Gasteiger partial charge in [0.2, 0.25) is 0 Å². The summed E-state index contributed by atoms with van der Waals surface area (Å²) in [7, 11) is 0. The van der Waals surface area contributed by atoms with Gasteiger partial charge in [-0.15, -0.1) is 6.58 Å². The zero-order valence-corrected chi connectivity index (χ0v) is 12.4. The van der Waals surface area contributed by atoms with E-state index in [-0.39, 0.29) is 0 Å². The standard InChI is InChI=1S/C17H25NO2/c1-3-5-11-20-17-12-16(19-10-4-2)9-6-14(17)13-18-15-7-8-15/h3,6,9,12,15,18H,1,4-5,7-8,10-11,13H2,2H3. The molecule has 3 nitrogen and oxygen atoms in total. The fourth-order valence-corrected chi connectivity index (χ4v) is 1.92. The van der Waals surface area contributed by atoms with Crippen LogP contribution >= 0.6 is 0 Å². The van der Waals surface area contributed by atoms with E-state index in [4.69, 9.17) is 9.47 Å². The van der Waals surface area contributed by atoms with Crippen LogP contribution in [0, 0.1) is 0 Å². The molecule has 0 saturated heterocycles. The van der Waals surface area contributed by atoms with E-state index < -0.39 is 0 Å². The van der Waals surface area contributed by atoms with E-state index in [0.717, 1.165) is 37.5 Å². The van der Waals surface area contributed by atoms with Crippen molar-refractivity contribution in [3.05, 3.63) is 36.4 Å². The second-order valence-corrected chi connectivity index (χ2v) is 5.20. The second-order valence-electron chi connectivity index (χ2n) is 5.20. The Hall–Kier alpha value is -1.48. The Morgan fingerprint density at radius 2 is 2.15 bits per heavy atom. The second kappa shape index (κ2) is 7.95. The van der Waals surface area contributed by atoms with E-state index in [1.165, 1.54) is 18.4 Å². The Kier molecular flexibility index (Phi) is 5.93. The van der Waals surface area contributed by atoms with Crippen LogP contribution in [0.3, 0.4) is 0 Å². The Bertz CT molecular complexity index is 427. The Balaban J connectivity index is 1.99. The lowest BCUT2D eigenvalue weighted by molar-refractivity contribution is 0.302.